The highest BCUT2D eigenvalue weighted by Gasteiger charge is 2.31. The number of amides is 1. The van der Waals surface area contributed by atoms with Crippen LogP contribution in [-0.2, 0) is 16.1 Å². The molecule has 1 aromatic heterocycles. The van der Waals surface area contributed by atoms with Gasteiger partial charge in [0.05, 0.1) is 36.9 Å². The highest BCUT2D eigenvalue weighted by molar-refractivity contribution is 5.95. The Bertz CT molecular complexity index is 742. The number of methoxy groups -OCH3 is 1. The Kier molecular flexibility index (Phi) is 5.93. The molecule has 0 saturated heterocycles. The molecule has 7 heteroatoms. The van der Waals surface area contributed by atoms with Crippen LogP contribution in [-0.4, -0.2) is 46.0 Å². The average Bonchev–Trinajstić information content (AvgIpc) is 2.88. The number of hydrogen-bond acceptors (Lipinski definition) is 4. The third-order valence-corrected chi connectivity index (χ3v) is 3.94. The number of rotatable bonds is 8. The first-order chi connectivity index (χ1) is 11.8. The number of ether oxygens (including phenoxy) is 1. The highest BCUT2D eigenvalue weighted by atomic mass is 16.5. The van der Waals surface area contributed by atoms with Gasteiger partial charge in [-0.2, -0.15) is 5.10 Å². The van der Waals surface area contributed by atoms with E-state index in [9.17, 15) is 9.59 Å². The fraction of sp³-hybridized carbons (Fsp3) is 0.389. The van der Waals surface area contributed by atoms with Crippen LogP contribution in [0, 0.1) is 6.92 Å². The Balaban J connectivity index is 2.15. The number of hydrogen-bond donors (Lipinski definition) is 2. The first kappa shape index (κ1) is 18.7. The topological polar surface area (TPSA) is 93.4 Å². The first-order valence-corrected chi connectivity index (χ1v) is 7.94. The van der Waals surface area contributed by atoms with Crippen molar-refractivity contribution in [3.05, 3.63) is 53.3 Å². The summed E-state index contributed by atoms with van der Waals surface area (Å²) in [4.78, 5) is 23.6. The molecule has 7 nitrogen and oxygen atoms in total. The Morgan fingerprint density at radius 1 is 1.32 bits per heavy atom. The van der Waals surface area contributed by atoms with Crippen LogP contribution in [0.3, 0.4) is 0 Å². The van der Waals surface area contributed by atoms with E-state index in [1.165, 1.54) is 13.3 Å². The zero-order chi connectivity index (χ0) is 18.4. The van der Waals surface area contributed by atoms with Gasteiger partial charge in [0.1, 0.15) is 0 Å². The monoisotopic (exact) mass is 345 g/mol. The van der Waals surface area contributed by atoms with Crippen molar-refractivity contribution >= 4 is 11.9 Å². The van der Waals surface area contributed by atoms with E-state index in [2.05, 4.69) is 10.4 Å². The van der Waals surface area contributed by atoms with E-state index in [0.29, 0.717) is 12.1 Å². The van der Waals surface area contributed by atoms with Crippen molar-refractivity contribution < 1.29 is 19.4 Å². The van der Waals surface area contributed by atoms with E-state index in [-0.39, 0.29) is 18.9 Å². The molecular formula is C18H23N3O4. The Morgan fingerprint density at radius 3 is 2.60 bits per heavy atom. The maximum atomic E-state index is 12.6. The number of aromatic nitrogens is 2. The average molecular weight is 345 g/mol. The summed E-state index contributed by atoms with van der Waals surface area (Å²) in [5, 5.41) is 16.1. The van der Waals surface area contributed by atoms with E-state index in [1.807, 2.05) is 37.3 Å². The SMILES string of the molecule is COCC(C)(CC(=O)O)NC(=O)c1cnn(Cc2ccccc2)c1C. The fourth-order valence-electron chi connectivity index (χ4n) is 2.71. The van der Waals surface area contributed by atoms with E-state index in [4.69, 9.17) is 9.84 Å². The minimum Gasteiger partial charge on any atom is -0.481 e. The first-order valence-electron chi connectivity index (χ1n) is 7.94. The lowest BCUT2D eigenvalue weighted by Crippen LogP contribution is -2.50. The molecule has 25 heavy (non-hydrogen) atoms. The molecule has 0 radical (unpaired) electrons. The van der Waals surface area contributed by atoms with Gasteiger partial charge in [-0.05, 0) is 19.4 Å². The molecule has 0 bridgehead atoms. The van der Waals surface area contributed by atoms with Crippen LogP contribution in [0.1, 0.15) is 35.0 Å². The standard InChI is InChI=1S/C18H23N3O4/c1-13-15(10-19-21(13)11-14-7-5-4-6-8-14)17(24)20-18(2,12-25-3)9-16(22)23/h4-8,10H,9,11-12H2,1-3H3,(H,20,24)(H,22,23). The van der Waals surface area contributed by atoms with Gasteiger partial charge in [0.25, 0.3) is 5.91 Å². The molecule has 0 aliphatic rings. The normalized spacial score (nSPS) is 13.2. The summed E-state index contributed by atoms with van der Waals surface area (Å²) in [6.07, 6.45) is 1.27. The summed E-state index contributed by atoms with van der Waals surface area (Å²) in [6.45, 7) is 4.12. The van der Waals surface area contributed by atoms with Crippen LogP contribution in [0.4, 0.5) is 0 Å². The van der Waals surface area contributed by atoms with Crippen molar-refractivity contribution in [3.63, 3.8) is 0 Å². The summed E-state index contributed by atoms with van der Waals surface area (Å²) in [5.74, 6) is -1.37. The van der Waals surface area contributed by atoms with Gasteiger partial charge in [-0.1, -0.05) is 30.3 Å². The van der Waals surface area contributed by atoms with E-state index in [1.54, 1.807) is 11.6 Å². The maximum absolute atomic E-state index is 12.6. The molecule has 0 saturated carbocycles. The molecule has 0 aliphatic carbocycles. The number of nitrogens with one attached hydrogen (secondary N) is 1. The minimum absolute atomic E-state index is 0.0994. The molecule has 0 fully saturated rings. The second-order valence-corrected chi connectivity index (χ2v) is 6.31. The van der Waals surface area contributed by atoms with Gasteiger partial charge < -0.3 is 15.2 Å². The molecule has 1 aromatic carbocycles. The highest BCUT2D eigenvalue weighted by Crippen LogP contribution is 2.15. The lowest BCUT2D eigenvalue weighted by Gasteiger charge is -2.28. The van der Waals surface area contributed by atoms with Crippen molar-refractivity contribution in [1.29, 1.82) is 0 Å². The van der Waals surface area contributed by atoms with E-state index in [0.717, 1.165) is 11.3 Å². The summed E-state index contributed by atoms with van der Waals surface area (Å²) in [5.41, 5.74) is 1.22. The van der Waals surface area contributed by atoms with E-state index >= 15 is 0 Å². The number of aliphatic carboxylic acids is 1. The molecule has 0 spiro atoms. The van der Waals surface area contributed by atoms with Gasteiger partial charge in [0, 0.05) is 12.8 Å². The summed E-state index contributed by atoms with van der Waals surface area (Å²) in [7, 11) is 1.47. The largest absolute Gasteiger partial charge is 0.481 e. The smallest absolute Gasteiger partial charge is 0.305 e. The number of carboxylic acid groups (broad SMARTS) is 1. The Hall–Kier alpha value is -2.67. The molecule has 1 atom stereocenters. The number of nitrogens with zero attached hydrogens (tertiary/aromatic N) is 2. The molecule has 2 rings (SSSR count). The van der Waals surface area contributed by atoms with Crippen molar-refractivity contribution in [2.45, 2.75) is 32.4 Å². The van der Waals surface area contributed by atoms with Gasteiger partial charge >= 0.3 is 5.97 Å². The van der Waals surface area contributed by atoms with Crippen LogP contribution < -0.4 is 5.32 Å². The number of carboxylic acids is 1. The van der Waals surface area contributed by atoms with Crippen molar-refractivity contribution in [3.8, 4) is 0 Å². The van der Waals surface area contributed by atoms with Gasteiger partial charge in [-0.15, -0.1) is 0 Å². The number of carbonyl (C=O) groups excluding carboxylic acids is 1. The second kappa shape index (κ2) is 7.94. The van der Waals surface area contributed by atoms with Crippen LogP contribution in [0.2, 0.25) is 0 Å². The predicted molar refractivity (Wildman–Crippen MR) is 92.5 cm³/mol. The summed E-state index contributed by atoms with van der Waals surface area (Å²) < 4.78 is 6.81. The Morgan fingerprint density at radius 2 is 2.00 bits per heavy atom. The molecule has 0 aliphatic heterocycles. The van der Waals surface area contributed by atoms with Crippen LogP contribution in [0.5, 0.6) is 0 Å². The zero-order valence-corrected chi connectivity index (χ0v) is 14.7. The lowest BCUT2D eigenvalue weighted by molar-refractivity contribution is -0.139. The van der Waals surface area contributed by atoms with Gasteiger partial charge in [-0.25, -0.2) is 0 Å². The molecule has 134 valence electrons. The van der Waals surface area contributed by atoms with E-state index < -0.39 is 11.5 Å². The lowest BCUT2D eigenvalue weighted by atomic mass is 9.98. The van der Waals surface area contributed by atoms with Crippen LogP contribution >= 0.6 is 0 Å². The van der Waals surface area contributed by atoms with Gasteiger partial charge in [0.2, 0.25) is 0 Å². The molecule has 2 N–H and O–H groups in total. The third kappa shape index (κ3) is 4.90. The van der Waals surface area contributed by atoms with Gasteiger partial charge in [-0.3, -0.25) is 14.3 Å². The molecular weight excluding hydrogens is 322 g/mol. The minimum atomic E-state index is -1.00. The Labute approximate surface area is 146 Å². The predicted octanol–water partition coefficient (Wildman–Crippen LogP) is 1.85. The molecule has 1 amide bonds. The third-order valence-electron chi connectivity index (χ3n) is 3.94. The number of carbonyl (C=O) groups is 2. The molecule has 1 heterocycles. The molecule has 1 unspecified atom stereocenters. The summed E-state index contributed by atoms with van der Waals surface area (Å²) >= 11 is 0. The van der Waals surface area contributed by atoms with Crippen LogP contribution in [0.25, 0.3) is 0 Å². The van der Waals surface area contributed by atoms with Crippen molar-refractivity contribution in [2.75, 3.05) is 13.7 Å². The molecule has 2 aromatic rings. The number of benzene rings is 1. The maximum Gasteiger partial charge on any atom is 0.305 e. The van der Waals surface area contributed by atoms with Crippen LogP contribution in [0.15, 0.2) is 36.5 Å². The van der Waals surface area contributed by atoms with Gasteiger partial charge in [0.15, 0.2) is 0 Å². The van der Waals surface area contributed by atoms with Crippen molar-refractivity contribution in [1.82, 2.24) is 15.1 Å². The quantitative estimate of drug-likeness (QED) is 0.761. The summed E-state index contributed by atoms with van der Waals surface area (Å²) in [6, 6.07) is 9.82. The van der Waals surface area contributed by atoms with Crippen molar-refractivity contribution in [2.24, 2.45) is 0 Å². The fourth-order valence-corrected chi connectivity index (χ4v) is 2.71. The second-order valence-electron chi connectivity index (χ2n) is 6.31. The zero-order valence-electron chi connectivity index (χ0n) is 14.7.